The van der Waals surface area contributed by atoms with E-state index in [1.165, 1.54) is 0 Å². The third-order valence-electron chi connectivity index (χ3n) is 2.82. The van der Waals surface area contributed by atoms with Gasteiger partial charge in [0.1, 0.15) is 0 Å². The van der Waals surface area contributed by atoms with E-state index in [2.05, 4.69) is 22.4 Å². The molecule has 0 radical (unpaired) electrons. The Morgan fingerprint density at radius 1 is 1.26 bits per heavy atom. The monoisotopic (exact) mass is 261 g/mol. The lowest BCUT2D eigenvalue weighted by Crippen LogP contribution is -2.10. The first-order valence-corrected chi connectivity index (χ1v) is 6.51. The van der Waals surface area contributed by atoms with Gasteiger partial charge in [0.25, 0.3) is 0 Å². The molecule has 0 saturated carbocycles. The Labute approximate surface area is 112 Å². The van der Waals surface area contributed by atoms with Crippen LogP contribution in [0.25, 0.3) is 11.4 Å². The van der Waals surface area contributed by atoms with Crippen molar-refractivity contribution in [1.29, 1.82) is 0 Å². The van der Waals surface area contributed by atoms with E-state index in [9.17, 15) is 0 Å². The van der Waals surface area contributed by atoms with Gasteiger partial charge in [-0.15, -0.1) is 5.10 Å². The second kappa shape index (κ2) is 6.84. The summed E-state index contributed by atoms with van der Waals surface area (Å²) in [4.78, 5) is 0. The van der Waals surface area contributed by atoms with E-state index in [1.807, 2.05) is 24.3 Å². The SMILES string of the molecule is CCCCOCCn1nnnc1-c1ccccc1N. The minimum absolute atomic E-state index is 0.602. The van der Waals surface area contributed by atoms with Gasteiger partial charge in [0.2, 0.25) is 0 Å². The van der Waals surface area contributed by atoms with Crippen LogP contribution in [-0.4, -0.2) is 33.4 Å². The maximum atomic E-state index is 5.93. The fourth-order valence-electron chi connectivity index (χ4n) is 1.75. The molecule has 0 saturated heterocycles. The Bertz CT molecular complexity index is 511. The molecule has 1 heterocycles. The van der Waals surface area contributed by atoms with Gasteiger partial charge in [-0.2, -0.15) is 0 Å². The number of anilines is 1. The molecule has 6 heteroatoms. The number of unbranched alkanes of at least 4 members (excludes halogenated alkanes) is 1. The lowest BCUT2D eigenvalue weighted by atomic mass is 10.2. The summed E-state index contributed by atoms with van der Waals surface area (Å²) < 4.78 is 7.24. The van der Waals surface area contributed by atoms with Gasteiger partial charge in [-0.25, -0.2) is 4.68 Å². The van der Waals surface area contributed by atoms with Crippen molar-refractivity contribution in [3.8, 4) is 11.4 Å². The third kappa shape index (κ3) is 3.51. The predicted octanol–water partition coefficient (Wildman–Crippen LogP) is 1.74. The summed E-state index contributed by atoms with van der Waals surface area (Å²) >= 11 is 0. The molecule has 102 valence electrons. The van der Waals surface area contributed by atoms with Gasteiger partial charge in [-0.05, 0) is 29.0 Å². The van der Waals surface area contributed by atoms with Gasteiger partial charge in [-0.3, -0.25) is 0 Å². The molecule has 0 aliphatic carbocycles. The summed E-state index contributed by atoms with van der Waals surface area (Å²) in [6, 6.07) is 7.56. The Balaban J connectivity index is 2.00. The standard InChI is InChI=1S/C13H19N5O/c1-2-3-9-19-10-8-18-13(15-16-17-18)11-6-4-5-7-12(11)14/h4-7H,2-3,8-10,14H2,1H3. The number of ether oxygens (including phenoxy) is 1. The molecular weight excluding hydrogens is 242 g/mol. The highest BCUT2D eigenvalue weighted by molar-refractivity contribution is 5.70. The fourth-order valence-corrected chi connectivity index (χ4v) is 1.75. The van der Waals surface area contributed by atoms with Crippen molar-refractivity contribution in [2.45, 2.75) is 26.3 Å². The number of tetrazole rings is 1. The van der Waals surface area contributed by atoms with Gasteiger partial charge >= 0.3 is 0 Å². The van der Waals surface area contributed by atoms with Gasteiger partial charge in [0.15, 0.2) is 5.82 Å². The molecule has 0 bridgehead atoms. The Hall–Kier alpha value is -1.95. The summed E-state index contributed by atoms with van der Waals surface area (Å²) in [6.45, 7) is 4.15. The maximum absolute atomic E-state index is 5.93. The van der Waals surface area contributed by atoms with Crippen LogP contribution in [-0.2, 0) is 11.3 Å². The molecule has 2 N–H and O–H groups in total. The van der Waals surface area contributed by atoms with Crippen LogP contribution in [0.3, 0.4) is 0 Å². The van der Waals surface area contributed by atoms with Crippen LogP contribution in [0.15, 0.2) is 24.3 Å². The van der Waals surface area contributed by atoms with E-state index < -0.39 is 0 Å². The quantitative estimate of drug-likeness (QED) is 0.606. The van der Waals surface area contributed by atoms with Gasteiger partial charge < -0.3 is 10.5 Å². The molecule has 0 spiro atoms. The summed E-state index contributed by atoms with van der Waals surface area (Å²) in [6.07, 6.45) is 2.21. The van der Waals surface area contributed by atoms with Crippen molar-refractivity contribution in [2.75, 3.05) is 18.9 Å². The van der Waals surface area contributed by atoms with Crippen molar-refractivity contribution in [2.24, 2.45) is 0 Å². The van der Waals surface area contributed by atoms with E-state index in [1.54, 1.807) is 4.68 Å². The molecule has 0 amide bonds. The number of nitrogens with zero attached hydrogens (tertiary/aromatic N) is 4. The molecular formula is C13H19N5O. The minimum atomic E-state index is 0.602. The van der Waals surface area contributed by atoms with Crippen LogP contribution < -0.4 is 5.73 Å². The highest BCUT2D eigenvalue weighted by Gasteiger charge is 2.10. The number of para-hydroxylation sites is 1. The average molecular weight is 261 g/mol. The minimum Gasteiger partial charge on any atom is -0.398 e. The van der Waals surface area contributed by atoms with Crippen molar-refractivity contribution >= 4 is 5.69 Å². The number of hydrogen-bond acceptors (Lipinski definition) is 5. The Kier molecular flexibility index (Phi) is 4.85. The Morgan fingerprint density at radius 3 is 2.89 bits per heavy atom. The van der Waals surface area contributed by atoms with Crippen LogP contribution >= 0.6 is 0 Å². The summed E-state index contributed by atoms with van der Waals surface area (Å²) in [5, 5.41) is 11.7. The second-order valence-electron chi connectivity index (χ2n) is 4.28. The van der Waals surface area contributed by atoms with E-state index in [0.717, 1.165) is 25.0 Å². The van der Waals surface area contributed by atoms with Crippen LogP contribution in [0.4, 0.5) is 5.69 Å². The van der Waals surface area contributed by atoms with E-state index in [-0.39, 0.29) is 0 Å². The highest BCUT2D eigenvalue weighted by Crippen LogP contribution is 2.22. The molecule has 2 aromatic rings. The smallest absolute Gasteiger partial charge is 0.184 e. The van der Waals surface area contributed by atoms with Crippen molar-refractivity contribution in [1.82, 2.24) is 20.2 Å². The van der Waals surface area contributed by atoms with Gasteiger partial charge in [-0.1, -0.05) is 25.5 Å². The lowest BCUT2D eigenvalue weighted by molar-refractivity contribution is 0.121. The number of nitrogens with two attached hydrogens (primary N) is 1. The van der Waals surface area contributed by atoms with E-state index in [4.69, 9.17) is 10.5 Å². The van der Waals surface area contributed by atoms with Gasteiger partial charge in [0.05, 0.1) is 13.2 Å². The first-order chi connectivity index (χ1) is 9.33. The number of benzene rings is 1. The lowest BCUT2D eigenvalue weighted by Gasteiger charge is -2.07. The predicted molar refractivity (Wildman–Crippen MR) is 73.4 cm³/mol. The largest absolute Gasteiger partial charge is 0.398 e. The molecule has 0 fully saturated rings. The van der Waals surface area contributed by atoms with Gasteiger partial charge in [0, 0.05) is 17.9 Å². The van der Waals surface area contributed by atoms with Crippen molar-refractivity contribution in [3.63, 3.8) is 0 Å². The number of rotatable bonds is 7. The first-order valence-electron chi connectivity index (χ1n) is 6.51. The molecule has 0 aliphatic heterocycles. The fraction of sp³-hybridized carbons (Fsp3) is 0.462. The number of hydrogen-bond donors (Lipinski definition) is 1. The molecule has 2 rings (SSSR count). The molecule has 0 atom stereocenters. The maximum Gasteiger partial charge on any atom is 0.184 e. The number of nitrogen functional groups attached to an aromatic ring is 1. The Morgan fingerprint density at radius 2 is 2.11 bits per heavy atom. The summed E-state index contributed by atoms with van der Waals surface area (Å²) in [5.41, 5.74) is 7.45. The molecule has 6 nitrogen and oxygen atoms in total. The normalized spacial score (nSPS) is 10.8. The zero-order valence-corrected chi connectivity index (χ0v) is 11.1. The summed E-state index contributed by atoms with van der Waals surface area (Å²) in [5.74, 6) is 0.678. The van der Waals surface area contributed by atoms with Crippen molar-refractivity contribution < 1.29 is 4.74 Å². The third-order valence-corrected chi connectivity index (χ3v) is 2.82. The zero-order chi connectivity index (χ0) is 13.5. The topological polar surface area (TPSA) is 78.8 Å². The van der Waals surface area contributed by atoms with E-state index >= 15 is 0 Å². The van der Waals surface area contributed by atoms with E-state index in [0.29, 0.717) is 24.7 Å². The average Bonchev–Trinajstić information content (AvgIpc) is 2.87. The zero-order valence-electron chi connectivity index (χ0n) is 11.1. The van der Waals surface area contributed by atoms with Crippen LogP contribution in [0.5, 0.6) is 0 Å². The number of aromatic nitrogens is 4. The summed E-state index contributed by atoms with van der Waals surface area (Å²) in [7, 11) is 0. The molecule has 19 heavy (non-hydrogen) atoms. The first kappa shape index (κ1) is 13.5. The highest BCUT2D eigenvalue weighted by atomic mass is 16.5. The van der Waals surface area contributed by atoms with Crippen LogP contribution in [0.2, 0.25) is 0 Å². The molecule has 0 unspecified atom stereocenters. The molecule has 0 aliphatic rings. The van der Waals surface area contributed by atoms with Crippen molar-refractivity contribution in [3.05, 3.63) is 24.3 Å². The van der Waals surface area contributed by atoms with Crippen LogP contribution in [0, 0.1) is 0 Å². The molecule has 1 aromatic heterocycles. The molecule has 1 aromatic carbocycles. The van der Waals surface area contributed by atoms with Crippen LogP contribution in [0.1, 0.15) is 19.8 Å². The second-order valence-corrected chi connectivity index (χ2v) is 4.28.